The number of para-hydroxylation sites is 1. The van der Waals surface area contributed by atoms with E-state index in [9.17, 15) is 9.59 Å². The van der Waals surface area contributed by atoms with Crippen LogP contribution >= 0.6 is 23.2 Å². The molecule has 2 aliphatic heterocycles. The lowest BCUT2D eigenvalue weighted by Crippen LogP contribution is -2.37. The Kier molecular flexibility index (Phi) is 5.41. The van der Waals surface area contributed by atoms with Gasteiger partial charge in [-0.3, -0.25) is 14.4 Å². The molecule has 0 radical (unpaired) electrons. The van der Waals surface area contributed by atoms with E-state index in [1.54, 1.807) is 17.2 Å². The monoisotopic (exact) mass is 538 g/mol. The molecule has 0 spiro atoms. The number of halogens is 2. The predicted octanol–water partition coefficient (Wildman–Crippen LogP) is 7.35. The second kappa shape index (κ2) is 8.84. The van der Waals surface area contributed by atoms with Gasteiger partial charge in [-0.15, -0.1) is 0 Å². The summed E-state index contributed by atoms with van der Waals surface area (Å²) < 4.78 is 0. The number of carbonyl (C=O) groups excluding carboxylic acids is 2. The van der Waals surface area contributed by atoms with E-state index in [0.29, 0.717) is 10.7 Å². The lowest BCUT2D eigenvalue weighted by Gasteiger charge is -2.30. The number of amides is 2. The first kappa shape index (κ1) is 23.2. The normalized spacial score (nSPS) is 21.1. The fourth-order valence-electron chi connectivity index (χ4n) is 5.75. The molecule has 2 fully saturated rings. The van der Waals surface area contributed by atoms with Gasteiger partial charge in [0.25, 0.3) is 5.91 Å². The Morgan fingerprint density at radius 3 is 1.92 bits per heavy atom. The quantitative estimate of drug-likeness (QED) is 0.178. The van der Waals surface area contributed by atoms with E-state index < -0.39 is 24.0 Å². The zero-order valence-electron chi connectivity index (χ0n) is 19.9. The van der Waals surface area contributed by atoms with Crippen LogP contribution in [0.2, 0.25) is 10.0 Å². The van der Waals surface area contributed by atoms with Crippen molar-refractivity contribution in [3.05, 3.63) is 119 Å². The molecule has 0 unspecified atom stereocenters. The molecule has 186 valence electrons. The zero-order valence-corrected chi connectivity index (χ0v) is 21.4. The minimum atomic E-state index is -0.986. The first-order valence-corrected chi connectivity index (χ1v) is 13.0. The molecule has 5 aromatic carbocycles. The number of fused-ring (bicyclic) bond motifs is 3. The van der Waals surface area contributed by atoms with Gasteiger partial charge < -0.3 is 0 Å². The highest BCUT2D eigenvalue weighted by Crippen LogP contribution is 2.51. The molecule has 2 heterocycles. The van der Waals surface area contributed by atoms with Crippen LogP contribution in [0.1, 0.15) is 11.6 Å². The Labute approximate surface area is 228 Å². The van der Waals surface area contributed by atoms with Crippen molar-refractivity contribution in [2.24, 2.45) is 5.92 Å². The van der Waals surface area contributed by atoms with E-state index in [0.717, 1.165) is 32.8 Å². The molecule has 2 saturated heterocycles. The summed E-state index contributed by atoms with van der Waals surface area (Å²) in [7, 11) is 0. The van der Waals surface area contributed by atoms with Crippen molar-refractivity contribution in [2.45, 2.75) is 12.1 Å². The third kappa shape index (κ3) is 3.43. The van der Waals surface area contributed by atoms with Crippen molar-refractivity contribution in [3.8, 4) is 0 Å². The van der Waals surface area contributed by atoms with Crippen molar-refractivity contribution < 1.29 is 14.4 Å². The number of rotatable bonds is 3. The van der Waals surface area contributed by atoms with Crippen molar-refractivity contribution in [2.75, 3.05) is 9.96 Å². The number of imide groups is 1. The molecule has 7 rings (SSSR count). The van der Waals surface area contributed by atoms with E-state index in [2.05, 4.69) is 30.3 Å². The van der Waals surface area contributed by atoms with Gasteiger partial charge in [-0.05, 0) is 63.5 Å². The second-order valence-electron chi connectivity index (χ2n) is 9.50. The Bertz CT molecular complexity index is 1700. The molecule has 38 heavy (non-hydrogen) atoms. The lowest BCUT2D eigenvalue weighted by atomic mass is 9.84. The maximum atomic E-state index is 14.1. The van der Waals surface area contributed by atoms with Crippen LogP contribution in [0.5, 0.6) is 0 Å². The third-order valence-corrected chi connectivity index (χ3v) is 8.14. The minimum Gasteiger partial charge on any atom is -0.273 e. The minimum absolute atomic E-state index is 0.269. The van der Waals surface area contributed by atoms with Gasteiger partial charge in [-0.25, -0.2) is 9.96 Å². The summed E-state index contributed by atoms with van der Waals surface area (Å²) in [5.41, 5.74) is 2.10. The largest absolute Gasteiger partial charge is 0.273 e. The average Bonchev–Trinajstić information content (AvgIpc) is 3.44. The Hall–Kier alpha value is -3.90. The van der Waals surface area contributed by atoms with Crippen LogP contribution in [0.3, 0.4) is 0 Å². The number of hydrogen-bond acceptors (Lipinski definition) is 4. The summed E-state index contributed by atoms with van der Waals surface area (Å²) in [6.07, 6.45) is -0.986. The van der Waals surface area contributed by atoms with Crippen LogP contribution in [0.25, 0.3) is 21.5 Å². The molecule has 2 aliphatic rings. The Morgan fingerprint density at radius 2 is 1.26 bits per heavy atom. The van der Waals surface area contributed by atoms with Crippen LogP contribution in [0.15, 0.2) is 103 Å². The van der Waals surface area contributed by atoms with Crippen LogP contribution in [-0.4, -0.2) is 17.9 Å². The van der Waals surface area contributed by atoms with Crippen LogP contribution in [-0.2, 0) is 14.4 Å². The predicted molar refractivity (Wildman–Crippen MR) is 150 cm³/mol. The molecule has 0 aliphatic carbocycles. The highest BCUT2D eigenvalue weighted by Gasteiger charge is 2.60. The average molecular weight is 539 g/mol. The van der Waals surface area contributed by atoms with Gasteiger partial charge in [0.2, 0.25) is 5.91 Å². The fraction of sp³-hybridized carbons (Fsp3) is 0.0968. The first-order chi connectivity index (χ1) is 18.5. The topological polar surface area (TPSA) is 49.9 Å². The van der Waals surface area contributed by atoms with Gasteiger partial charge in [0.05, 0.1) is 27.5 Å². The van der Waals surface area contributed by atoms with Crippen molar-refractivity contribution >= 4 is 67.9 Å². The maximum Gasteiger partial charge on any atom is 0.266 e. The van der Waals surface area contributed by atoms with E-state index in [-0.39, 0.29) is 10.9 Å². The molecular formula is C31H20Cl2N2O3. The lowest BCUT2D eigenvalue weighted by molar-refractivity contribution is -0.126. The van der Waals surface area contributed by atoms with E-state index in [4.69, 9.17) is 28.0 Å². The van der Waals surface area contributed by atoms with Gasteiger partial charge in [-0.2, -0.15) is 0 Å². The number of hydroxylamine groups is 1. The van der Waals surface area contributed by atoms with Gasteiger partial charge in [0.1, 0.15) is 5.92 Å². The van der Waals surface area contributed by atoms with E-state index in [1.165, 1.54) is 11.0 Å². The molecule has 0 aromatic heterocycles. The van der Waals surface area contributed by atoms with E-state index >= 15 is 0 Å². The number of benzene rings is 5. The Morgan fingerprint density at radius 1 is 0.632 bits per heavy atom. The summed E-state index contributed by atoms with van der Waals surface area (Å²) in [6, 6.07) is 32.2. The number of anilines is 2. The van der Waals surface area contributed by atoms with Gasteiger partial charge in [0, 0.05) is 0 Å². The third-order valence-electron chi connectivity index (χ3n) is 7.40. The standard InChI is InChI=1S/C31H20Cl2N2O3/c32-24-15-14-21(17-25(24)33)34-30(36)27-28(35(38-29(27)31(34)37)20-10-2-1-3-11-20)26-22-12-6-4-8-18(22)16-19-9-5-7-13-23(19)26/h1-17,27-29H/t27-,28+,29+/m1/s1. The summed E-state index contributed by atoms with van der Waals surface area (Å²) in [6.45, 7) is 0. The summed E-state index contributed by atoms with van der Waals surface area (Å²) in [5.74, 6) is -1.53. The van der Waals surface area contributed by atoms with E-state index in [1.807, 2.05) is 54.6 Å². The summed E-state index contributed by atoms with van der Waals surface area (Å²) in [4.78, 5) is 35.5. The van der Waals surface area contributed by atoms with Crippen molar-refractivity contribution in [1.82, 2.24) is 0 Å². The highest BCUT2D eigenvalue weighted by atomic mass is 35.5. The molecule has 2 amide bonds. The number of nitrogens with zero attached hydrogens (tertiary/aromatic N) is 2. The molecule has 7 heteroatoms. The van der Waals surface area contributed by atoms with Gasteiger partial charge in [0.15, 0.2) is 6.10 Å². The maximum absolute atomic E-state index is 14.1. The second-order valence-corrected chi connectivity index (χ2v) is 10.3. The van der Waals surface area contributed by atoms with Crippen LogP contribution < -0.4 is 9.96 Å². The summed E-state index contributed by atoms with van der Waals surface area (Å²) in [5, 5.41) is 6.48. The number of carbonyl (C=O) groups is 2. The molecule has 5 aromatic rings. The van der Waals surface area contributed by atoms with Gasteiger partial charge in [-0.1, -0.05) is 89.9 Å². The first-order valence-electron chi connectivity index (χ1n) is 12.3. The molecule has 0 saturated carbocycles. The highest BCUT2D eigenvalue weighted by molar-refractivity contribution is 6.42. The fourth-order valence-corrected chi connectivity index (χ4v) is 6.04. The van der Waals surface area contributed by atoms with Crippen molar-refractivity contribution in [3.63, 3.8) is 0 Å². The van der Waals surface area contributed by atoms with Gasteiger partial charge >= 0.3 is 0 Å². The smallest absolute Gasteiger partial charge is 0.266 e. The number of hydrogen-bond donors (Lipinski definition) is 0. The SMILES string of the molecule is O=C1[C@H]2[C@H](ON(c3ccccc3)[C@H]2c2c3ccccc3cc3ccccc23)C(=O)N1c1ccc(Cl)c(Cl)c1. The van der Waals surface area contributed by atoms with Crippen LogP contribution in [0.4, 0.5) is 11.4 Å². The molecule has 0 N–H and O–H groups in total. The molecule has 5 nitrogen and oxygen atoms in total. The zero-order chi connectivity index (χ0) is 26.0. The molecule has 0 bridgehead atoms. The molecule has 3 atom stereocenters. The van der Waals surface area contributed by atoms with Crippen molar-refractivity contribution in [1.29, 1.82) is 0 Å². The molecular weight excluding hydrogens is 519 g/mol. The van der Waals surface area contributed by atoms with Crippen LogP contribution in [0, 0.1) is 5.92 Å². The summed E-state index contributed by atoms with van der Waals surface area (Å²) >= 11 is 12.4. The Balaban J connectivity index is 1.46.